The van der Waals surface area contributed by atoms with Gasteiger partial charge in [0.15, 0.2) is 0 Å². The molecule has 39 heavy (non-hydrogen) atoms. The van der Waals surface area contributed by atoms with E-state index in [1.54, 1.807) is 24.3 Å². The van der Waals surface area contributed by atoms with Crippen LogP contribution < -0.4 is 10.2 Å². The number of para-hydroxylation sites is 1. The minimum Gasteiger partial charge on any atom is -0.478 e. The zero-order chi connectivity index (χ0) is 26.8. The molecular weight excluding hydrogens is 492 g/mol. The van der Waals surface area contributed by atoms with E-state index in [-0.39, 0.29) is 40.5 Å². The molecule has 0 spiro atoms. The lowest BCUT2D eigenvalue weighted by molar-refractivity contribution is -0.122. The lowest BCUT2D eigenvalue weighted by atomic mass is 9.55. The van der Waals surface area contributed by atoms with E-state index >= 15 is 0 Å². The predicted octanol–water partition coefficient (Wildman–Crippen LogP) is 5.03. The quantitative estimate of drug-likeness (QED) is 0.372. The molecule has 1 fully saturated rings. The fraction of sp³-hybridized carbons (Fsp3) is 0.125. The van der Waals surface area contributed by atoms with Crippen LogP contribution in [-0.4, -0.2) is 28.8 Å². The summed E-state index contributed by atoms with van der Waals surface area (Å²) in [5.41, 5.74) is 5.29. The third-order valence-electron chi connectivity index (χ3n) is 8.24. The molecule has 0 aromatic heterocycles. The Morgan fingerprint density at radius 1 is 0.641 bits per heavy atom. The summed E-state index contributed by atoms with van der Waals surface area (Å²) in [7, 11) is 0. The van der Waals surface area contributed by atoms with Gasteiger partial charge in [-0.05, 0) is 58.7 Å². The van der Waals surface area contributed by atoms with Crippen LogP contribution in [0.3, 0.4) is 0 Å². The molecule has 4 aliphatic rings. The highest BCUT2D eigenvalue weighted by atomic mass is 16.4. The summed E-state index contributed by atoms with van der Waals surface area (Å²) in [6.45, 7) is 0. The van der Waals surface area contributed by atoms with E-state index in [4.69, 9.17) is 0 Å². The highest BCUT2D eigenvalue weighted by Crippen LogP contribution is 2.61. The van der Waals surface area contributed by atoms with Crippen LogP contribution >= 0.6 is 0 Å². The van der Waals surface area contributed by atoms with Crippen LogP contribution in [0.4, 0.5) is 11.4 Å². The second-order valence-corrected chi connectivity index (χ2v) is 10.1. The number of anilines is 2. The molecule has 3 amide bonds. The Balaban J connectivity index is 1.21. The number of carboxylic acid groups (broad SMARTS) is 1. The topological polar surface area (TPSA) is 104 Å². The Kier molecular flexibility index (Phi) is 5.03. The van der Waals surface area contributed by atoms with Gasteiger partial charge in [-0.1, -0.05) is 60.7 Å². The average molecular weight is 515 g/mol. The van der Waals surface area contributed by atoms with Crippen LogP contribution in [0.5, 0.6) is 0 Å². The summed E-state index contributed by atoms with van der Waals surface area (Å²) in [4.78, 5) is 53.4. The SMILES string of the molecule is O=C(Nc1ccccc1C(=O)O)c1ccc(N2C(=O)[C@@H]3C4c5ccccc5C(c5ccccc54)[C@@H]3C2=O)cc1. The fourth-order valence-electron chi connectivity index (χ4n) is 6.67. The summed E-state index contributed by atoms with van der Waals surface area (Å²) in [5.74, 6) is -3.43. The van der Waals surface area contributed by atoms with Crippen LogP contribution in [0.2, 0.25) is 0 Å². The molecule has 4 aromatic carbocycles. The van der Waals surface area contributed by atoms with Crippen molar-refractivity contribution in [2.45, 2.75) is 11.8 Å². The van der Waals surface area contributed by atoms with Gasteiger partial charge in [0.2, 0.25) is 11.8 Å². The molecule has 190 valence electrons. The minimum absolute atomic E-state index is 0.0186. The predicted molar refractivity (Wildman–Crippen MR) is 144 cm³/mol. The number of hydrogen-bond donors (Lipinski definition) is 2. The number of rotatable bonds is 4. The van der Waals surface area contributed by atoms with E-state index in [1.165, 1.54) is 29.2 Å². The standard InChI is InChI=1S/C32H22N2O5/c35-29(33-24-12-6-5-11-23(24)32(38)39)17-13-15-18(16-14-17)34-30(36)27-25-19-7-1-2-8-20(19)26(28(27)31(34)37)22-10-4-3-9-21(22)25/h1-16,25-28H,(H,33,35)(H,38,39)/t25?,26?,27-,28+. The van der Waals surface area contributed by atoms with Gasteiger partial charge in [-0.15, -0.1) is 0 Å². The lowest BCUT2D eigenvalue weighted by Gasteiger charge is -2.45. The van der Waals surface area contributed by atoms with Crippen LogP contribution in [0.1, 0.15) is 54.8 Å². The fourth-order valence-corrected chi connectivity index (χ4v) is 6.67. The number of benzene rings is 4. The van der Waals surface area contributed by atoms with Crippen LogP contribution in [0, 0.1) is 11.8 Å². The third kappa shape index (κ3) is 3.29. The van der Waals surface area contributed by atoms with Crippen LogP contribution in [-0.2, 0) is 9.59 Å². The Morgan fingerprint density at radius 2 is 1.10 bits per heavy atom. The van der Waals surface area contributed by atoms with Crippen LogP contribution in [0.25, 0.3) is 0 Å². The molecule has 2 N–H and O–H groups in total. The van der Waals surface area contributed by atoms with Crippen molar-refractivity contribution in [3.8, 4) is 0 Å². The van der Waals surface area contributed by atoms with Gasteiger partial charge >= 0.3 is 5.97 Å². The van der Waals surface area contributed by atoms with E-state index in [2.05, 4.69) is 29.6 Å². The molecule has 2 atom stereocenters. The van der Waals surface area contributed by atoms with Gasteiger partial charge in [-0.25, -0.2) is 9.69 Å². The molecule has 7 nitrogen and oxygen atoms in total. The first-order chi connectivity index (χ1) is 19.0. The van der Waals surface area contributed by atoms with Gasteiger partial charge in [0.25, 0.3) is 5.91 Å². The van der Waals surface area contributed by atoms with Crippen molar-refractivity contribution in [2.75, 3.05) is 10.2 Å². The molecule has 0 unspecified atom stereocenters. The monoisotopic (exact) mass is 514 g/mol. The molecule has 2 bridgehead atoms. The number of carbonyl (C=O) groups is 4. The van der Waals surface area contributed by atoms with Crippen molar-refractivity contribution in [2.24, 2.45) is 11.8 Å². The molecule has 7 heteroatoms. The lowest BCUT2D eigenvalue weighted by Crippen LogP contribution is -2.41. The molecular formula is C32H22N2O5. The number of imide groups is 1. The van der Waals surface area contributed by atoms with Gasteiger partial charge in [-0.3, -0.25) is 14.4 Å². The molecule has 1 aliphatic heterocycles. The highest BCUT2D eigenvalue weighted by molar-refractivity contribution is 6.23. The summed E-state index contributed by atoms with van der Waals surface area (Å²) in [5, 5.41) is 12.0. The zero-order valence-electron chi connectivity index (χ0n) is 20.6. The van der Waals surface area contributed by atoms with Crippen LogP contribution in [0.15, 0.2) is 97.1 Å². The first kappa shape index (κ1) is 23.1. The summed E-state index contributed by atoms with van der Waals surface area (Å²) in [6.07, 6.45) is 0. The molecule has 0 saturated carbocycles. The maximum atomic E-state index is 13.9. The van der Waals surface area contributed by atoms with Gasteiger partial charge in [0.05, 0.1) is 28.8 Å². The maximum Gasteiger partial charge on any atom is 0.337 e. The number of amides is 3. The Labute approximate surface area is 223 Å². The summed E-state index contributed by atoms with van der Waals surface area (Å²) < 4.78 is 0. The largest absolute Gasteiger partial charge is 0.478 e. The van der Waals surface area contributed by atoms with Crippen molar-refractivity contribution in [3.05, 3.63) is 130 Å². The van der Waals surface area contributed by atoms with Crippen molar-refractivity contribution in [1.82, 2.24) is 0 Å². The molecule has 4 aromatic rings. The molecule has 1 saturated heterocycles. The van der Waals surface area contributed by atoms with E-state index in [9.17, 15) is 24.3 Å². The molecule has 8 rings (SSSR count). The molecule has 1 heterocycles. The average Bonchev–Trinajstić information content (AvgIpc) is 3.23. The van der Waals surface area contributed by atoms with Gasteiger partial charge < -0.3 is 10.4 Å². The Bertz CT molecular complexity index is 1590. The number of aromatic carboxylic acids is 1. The first-order valence-corrected chi connectivity index (χ1v) is 12.7. The van der Waals surface area contributed by atoms with Crippen molar-refractivity contribution in [3.63, 3.8) is 0 Å². The smallest absolute Gasteiger partial charge is 0.337 e. The normalized spacial score (nSPS) is 22.2. The maximum absolute atomic E-state index is 13.9. The van der Waals surface area contributed by atoms with E-state index in [0.717, 1.165) is 22.3 Å². The minimum atomic E-state index is -1.15. The number of nitrogens with zero attached hydrogens (tertiary/aromatic N) is 1. The van der Waals surface area contributed by atoms with Crippen molar-refractivity contribution in [1.29, 1.82) is 0 Å². The Hall–Kier alpha value is -5.04. The number of carboxylic acids is 1. The zero-order valence-corrected chi connectivity index (χ0v) is 20.6. The van der Waals surface area contributed by atoms with Crippen molar-refractivity contribution >= 4 is 35.1 Å². The second kappa shape index (κ2) is 8.49. The van der Waals surface area contributed by atoms with E-state index in [1.807, 2.05) is 24.3 Å². The molecule has 3 aliphatic carbocycles. The van der Waals surface area contributed by atoms with Gasteiger partial charge in [0.1, 0.15) is 0 Å². The number of nitrogens with one attached hydrogen (secondary N) is 1. The molecule has 0 radical (unpaired) electrons. The summed E-state index contributed by atoms with van der Waals surface area (Å²) in [6, 6.07) is 28.6. The first-order valence-electron chi connectivity index (χ1n) is 12.7. The highest BCUT2D eigenvalue weighted by Gasteiger charge is 2.61. The number of hydrogen-bond acceptors (Lipinski definition) is 4. The number of carbonyl (C=O) groups excluding carboxylic acids is 3. The van der Waals surface area contributed by atoms with Gasteiger partial charge in [0, 0.05) is 17.4 Å². The van der Waals surface area contributed by atoms with E-state index < -0.39 is 23.7 Å². The second-order valence-electron chi connectivity index (χ2n) is 10.1. The third-order valence-corrected chi connectivity index (χ3v) is 8.24. The van der Waals surface area contributed by atoms with Gasteiger partial charge in [-0.2, -0.15) is 0 Å². The Morgan fingerprint density at radius 3 is 1.59 bits per heavy atom. The summed E-state index contributed by atoms with van der Waals surface area (Å²) >= 11 is 0. The van der Waals surface area contributed by atoms with Crippen molar-refractivity contribution < 1.29 is 24.3 Å². The van der Waals surface area contributed by atoms with E-state index in [0.29, 0.717) is 5.69 Å².